The van der Waals surface area contributed by atoms with Gasteiger partial charge < -0.3 is 10.2 Å². The molecule has 0 atom stereocenters. The van der Waals surface area contributed by atoms with Crippen LogP contribution in [0.25, 0.3) is 0 Å². The zero-order valence-corrected chi connectivity index (χ0v) is 20.0. The van der Waals surface area contributed by atoms with Gasteiger partial charge in [-0.25, -0.2) is 0 Å². The molecule has 0 saturated heterocycles. The zero-order chi connectivity index (χ0) is 24.0. The third kappa shape index (κ3) is 3.66. The van der Waals surface area contributed by atoms with Crippen molar-refractivity contribution in [2.45, 2.75) is 49.6 Å². The molecule has 4 aliphatic carbocycles. The van der Waals surface area contributed by atoms with Crippen LogP contribution in [0.3, 0.4) is 0 Å². The van der Waals surface area contributed by atoms with Crippen molar-refractivity contribution < 1.29 is 15.0 Å². The van der Waals surface area contributed by atoms with Gasteiger partial charge in [0.25, 0.3) is 0 Å². The van der Waals surface area contributed by atoms with E-state index in [1.165, 1.54) is 19.3 Å². The fourth-order valence-corrected chi connectivity index (χ4v) is 8.23. The van der Waals surface area contributed by atoms with Crippen molar-refractivity contribution in [1.29, 1.82) is 0 Å². The largest absolute Gasteiger partial charge is 0.508 e. The number of benzene rings is 3. The second kappa shape index (κ2) is 8.53. The highest BCUT2D eigenvalue weighted by Gasteiger charge is 2.59. The summed E-state index contributed by atoms with van der Waals surface area (Å²) in [5.41, 5.74) is 1.95. The van der Waals surface area contributed by atoms with E-state index in [4.69, 9.17) is 0 Å². The zero-order valence-electron chi connectivity index (χ0n) is 20.0. The van der Waals surface area contributed by atoms with Gasteiger partial charge in [-0.05, 0) is 85.1 Å². The molecule has 3 aromatic carbocycles. The first kappa shape index (κ1) is 22.4. The van der Waals surface area contributed by atoms with E-state index in [2.05, 4.69) is 35.2 Å². The summed E-state index contributed by atoms with van der Waals surface area (Å²) in [4.78, 5) is 15.0. The average Bonchev–Trinajstić information content (AvgIpc) is 2.84. The number of hydrogen-bond donors (Lipinski definition) is 2. The molecule has 4 bridgehead atoms. The molecular formula is C31H33NO3. The molecule has 4 fully saturated rings. The van der Waals surface area contributed by atoms with Crippen LogP contribution in [0.15, 0.2) is 84.9 Å². The molecule has 4 saturated carbocycles. The van der Waals surface area contributed by atoms with Crippen LogP contribution in [-0.4, -0.2) is 33.2 Å². The molecule has 180 valence electrons. The average molecular weight is 468 g/mol. The van der Waals surface area contributed by atoms with E-state index in [9.17, 15) is 15.0 Å². The van der Waals surface area contributed by atoms with Gasteiger partial charge in [-0.3, -0.25) is 9.69 Å². The van der Waals surface area contributed by atoms with Gasteiger partial charge in [-0.15, -0.1) is 0 Å². The fourth-order valence-electron chi connectivity index (χ4n) is 8.23. The number of phenolic OH excluding ortho intramolecular Hbond substituents is 1. The minimum Gasteiger partial charge on any atom is -0.508 e. The standard InChI is InChI=1S/C31H33NO3/c33-28-13-7-12-27(17-28)31(25-8-3-1-4-9-25,26-10-5-2-6-11-26)32(21-29(34)35)30-18-22-14-23(19-30)16-24(15-22)20-30/h1-13,17,22-24,33H,14-16,18-21H2,(H,34,35). The van der Waals surface area contributed by atoms with E-state index < -0.39 is 11.5 Å². The number of aliphatic carboxylic acids is 1. The molecule has 4 aliphatic rings. The molecule has 0 spiro atoms. The van der Waals surface area contributed by atoms with E-state index in [1.54, 1.807) is 6.07 Å². The molecule has 7 rings (SSSR count). The van der Waals surface area contributed by atoms with Crippen LogP contribution in [-0.2, 0) is 10.3 Å². The van der Waals surface area contributed by atoms with Gasteiger partial charge in [-0.1, -0.05) is 72.8 Å². The first-order valence-corrected chi connectivity index (χ1v) is 12.9. The summed E-state index contributed by atoms with van der Waals surface area (Å²) in [6.07, 6.45) is 7.01. The second-order valence-electron chi connectivity index (χ2n) is 11.1. The SMILES string of the molecule is O=C(O)CN(C12CC3CC(CC(C3)C1)C2)C(c1ccccc1)(c1ccccc1)c1cccc(O)c1. The number of aromatic hydroxyl groups is 1. The maximum atomic E-state index is 12.6. The van der Waals surface area contributed by atoms with Gasteiger partial charge >= 0.3 is 5.97 Å². The van der Waals surface area contributed by atoms with Crippen LogP contribution in [0, 0.1) is 17.8 Å². The maximum absolute atomic E-state index is 12.6. The Kier molecular flexibility index (Phi) is 5.45. The Labute approximate surface area is 207 Å². The minimum absolute atomic E-state index is 0.0500. The summed E-state index contributed by atoms with van der Waals surface area (Å²) >= 11 is 0. The topological polar surface area (TPSA) is 60.8 Å². The van der Waals surface area contributed by atoms with Crippen molar-refractivity contribution >= 4 is 5.97 Å². The highest BCUT2D eigenvalue weighted by molar-refractivity contribution is 5.70. The third-order valence-electron chi connectivity index (χ3n) is 8.92. The molecule has 0 aromatic heterocycles. The minimum atomic E-state index is -0.842. The Morgan fingerprint density at radius 2 is 1.26 bits per heavy atom. The molecule has 35 heavy (non-hydrogen) atoms. The molecule has 0 unspecified atom stereocenters. The molecule has 0 radical (unpaired) electrons. The summed E-state index contributed by atoms with van der Waals surface area (Å²) in [6, 6.07) is 28.1. The van der Waals surface area contributed by atoms with E-state index in [-0.39, 0.29) is 17.8 Å². The van der Waals surface area contributed by atoms with Gasteiger partial charge in [-0.2, -0.15) is 0 Å². The predicted octanol–water partition coefficient (Wildman–Crippen LogP) is 6.04. The Hall–Kier alpha value is -3.11. The van der Waals surface area contributed by atoms with Gasteiger partial charge in [0.05, 0.1) is 12.1 Å². The molecule has 4 nitrogen and oxygen atoms in total. The first-order chi connectivity index (χ1) is 17.0. The third-order valence-corrected chi connectivity index (χ3v) is 8.92. The molecule has 0 amide bonds. The highest BCUT2D eigenvalue weighted by Crippen LogP contribution is 2.61. The monoisotopic (exact) mass is 467 g/mol. The number of hydrogen-bond acceptors (Lipinski definition) is 3. The number of nitrogens with zero attached hydrogens (tertiary/aromatic N) is 1. The summed E-state index contributed by atoms with van der Waals surface area (Å²) in [5, 5.41) is 21.0. The Bertz CT molecular complexity index is 1130. The highest BCUT2D eigenvalue weighted by atomic mass is 16.4. The van der Waals surface area contributed by atoms with Crippen LogP contribution in [0.2, 0.25) is 0 Å². The molecule has 2 N–H and O–H groups in total. The Morgan fingerprint density at radius 1 is 0.771 bits per heavy atom. The molecule has 4 heteroatoms. The molecule has 0 aliphatic heterocycles. The number of carboxylic acids is 1. The van der Waals surface area contributed by atoms with E-state index in [0.717, 1.165) is 36.0 Å². The van der Waals surface area contributed by atoms with Gasteiger partial charge in [0, 0.05) is 5.54 Å². The predicted molar refractivity (Wildman–Crippen MR) is 136 cm³/mol. The van der Waals surface area contributed by atoms with Crippen molar-refractivity contribution in [2.75, 3.05) is 6.54 Å². The lowest BCUT2D eigenvalue weighted by Gasteiger charge is -2.64. The smallest absolute Gasteiger partial charge is 0.317 e. The van der Waals surface area contributed by atoms with E-state index in [1.807, 2.05) is 48.5 Å². The van der Waals surface area contributed by atoms with Crippen LogP contribution in [0.1, 0.15) is 55.2 Å². The lowest BCUT2D eigenvalue weighted by Crippen LogP contribution is -2.67. The number of phenols is 1. The number of carbonyl (C=O) groups is 1. The number of rotatable bonds is 7. The Morgan fingerprint density at radius 3 is 1.71 bits per heavy atom. The molecule has 3 aromatic rings. The van der Waals surface area contributed by atoms with Gasteiger partial charge in [0.2, 0.25) is 0 Å². The van der Waals surface area contributed by atoms with Crippen molar-refractivity contribution in [1.82, 2.24) is 4.90 Å². The van der Waals surface area contributed by atoms with Gasteiger partial charge in [0.15, 0.2) is 0 Å². The normalized spacial score (nSPS) is 27.3. The van der Waals surface area contributed by atoms with Gasteiger partial charge in [0.1, 0.15) is 5.75 Å². The van der Waals surface area contributed by atoms with E-state index in [0.29, 0.717) is 17.8 Å². The lowest BCUT2D eigenvalue weighted by molar-refractivity contribution is -0.152. The van der Waals surface area contributed by atoms with Crippen molar-refractivity contribution in [3.05, 3.63) is 102 Å². The van der Waals surface area contributed by atoms with E-state index >= 15 is 0 Å². The molecule has 0 heterocycles. The summed E-state index contributed by atoms with van der Waals surface area (Å²) in [7, 11) is 0. The van der Waals surface area contributed by atoms with Crippen LogP contribution in [0.5, 0.6) is 5.75 Å². The Balaban J connectivity index is 1.67. The van der Waals surface area contributed by atoms with Crippen molar-refractivity contribution in [2.24, 2.45) is 17.8 Å². The summed E-state index contributed by atoms with van der Waals surface area (Å²) in [6.45, 7) is -0.0500. The summed E-state index contributed by atoms with van der Waals surface area (Å²) < 4.78 is 0. The van der Waals surface area contributed by atoms with Crippen LogP contribution < -0.4 is 0 Å². The van der Waals surface area contributed by atoms with Crippen LogP contribution >= 0.6 is 0 Å². The second-order valence-corrected chi connectivity index (χ2v) is 11.1. The number of carboxylic acid groups (broad SMARTS) is 1. The quantitative estimate of drug-likeness (QED) is 0.416. The maximum Gasteiger partial charge on any atom is 0.317 e. The van der Waals surface area contributed by atoms with Crippen LogP contribution in [0.4, 0.5) is 0 Å². The first-order valence-electron chi connectivity index (χ1n) is 12.9. The fraction of sp³-hybridized carbons (Fsp3) is 0.387. The van der Waals surface area contributed by atoms with Crippen molar-refractivity contribution in [3.8, 4) is 5.75 Å². The summed E-state index contributed by atoms with van der Waals surface area (Å²) in [5.74, 6) is 1.40. The van der Waals surface area contributed by atoms with Crippen molar-refractivity contribution in [3.63, 3.8) is 0 Å². The lowest BCUT2D eigenvalue weighted by atomic mass is 9.51. The molecular weight excluding hydrogens is 434 g/mol.